The van der Waals surface area contributed by atoms with Crippen molar-refractivity contribution in [1.82, 2.24) is 0 Å². The molecule has 0 aromatic heterocycles. The van der Waals surface area contributed by atoms with Gasteiger partial charge in [-0.2, -0.15) is 0 Å². The van der Waals surface area contributed by atoms with Crippen LogP contribution in [0, 0.1) is 0 Å². The van der Waals surface area contributed by atoms with Crippen molar-refractivity contribution in [3.63, 3.8) is 0 Å². The molecule has 5 heteroatoms. The lowest BCUT2D eigenvalue weighted by atomic mass is 10.0. The topological polar surface area (TPSA) is 75.8 Å². The number of nitrogens with two attached hydrogens (primary N) is 1. The fraction of sp³-hybridized carbons (Fsp3) is 0.500. The highest BCUT2D eigenvalue weighted by atomic mass is 16.5. The molecule has 3 N–H and O–H groups in total. The number of amides is 1. The quantitative estimate of drug-likeness (QED) is 0.838. The van der Waals surface area contributed by atoms with Crippen LogP contribution in [0.1, 0.15) is 31.4 Å². The summed E-state index contributed by atoms with van der Waals surface area (Å²) in [6.45, 7) is 3.16. The Morgan fingerprint density at radius 2 is 2.32 bits per heavy atom. The molecule has 5 nitrogen and oxygen atoms in total. The SMILES string of the molecule is CCN1C(=O)COc2ccc(C(O)CCCN)cc21. The predicted octanol–water partition coefficient (Wildman–Crippen LogP) is 1.20. The minimum atomic E-state index is -0.551. The molecule has 1 aromatic rings. The molecular formula is C14H20N2O3. The molecule has 1 unspecified atom stereocenters. The molecule has 2 rings (SSSR count). The second kappa shape index (κ2) is 6.04. The van der Waals surface area contributed by atoms with Crippen LogP contribution < -0.4 is 15.4 Å². The summed E-state index contributed by atoms with van der Waals surface area (Å²) in [7, 11) is 0. The van der Waals surface area contributed by atoms with Crippen LogP contribution in [0.15, 0.2) is 18.2 Å². The number of anilines is 1. The van der Waals surface area contributed by atoms with Gasteiger partial charge >= 0.3 is 0 Å². The Balaban J connectivity index is 2.26. The van der Waals surface area contributed by atoms with Gasteiger partial charge in [-0.3, -0.25) is 4.79 Å². The Kier molecular flexibility index (Phi) is 4.39. The molecule has 1 aliphatic heterocycles. The normalized spacial score (nSPS) is 15.9. The second-order valence-corrected chi connectivity index (χ2v) is 4.60. The molecule has 0 radical (unpaired) electrons. The van der Waals surface area contributed by atoms with Crippen LogP contribution in [0.3, 0.4) is 0 Å². The van der Waals surface area contributed by atoms with Crippen molar-refractivity contribution >= 4 is 11.6 Å². The van der Waals surface area contributed by atoms with Crippen molar-refractivity contribution in [3.05, 3.63) is 23.8 Å². The monoisotopic (exact) mass is 264 g/mol. The zero-order valence-electron chi connectivity index (χ0n) is 11.1. The van der Waals surface area contributed by atoms with E-state index in [1.165, 1.54) is 0 Å². The lowest BCUT2D eigenvalue weighted by Crippen LogP contribution is -2.38. The van der Waals surface area contributed by atoms with E-state index in [9.17, 15) is 9.90 Å². The van der Waals surface area contributed by atoms with Crippen LogP contribution in [-0.4, -0.2) is 30.7 Å². The van der Waals surface area contributed by atoms with Gasteiger partial charge in [0, 0.05) is 6.54 Å². The van der Waals surface area contributed by atoms with E-state index >= 15 is 0 Å². The number of likely N-dealkylation sites (N-methyl/N-ethyl adjacent to an activating group) is 1. The standard InChI is InChI=1S/C14H20N2O3/c1-2-16-11-8-10(12(17)4-3-7-15)5-6-13(11)19-9-14(16)18/h5-6,8,12,17H,2-4,7,9,15H2,1H3. The minimum Gasteiger partial charge on any atom is -0.482 e. The van der Waals surface area contributed by atoms with Crippen molar-refractivity contribution in [2.24, 2.45) is 5.73 Å². The summed E-state index contributed by atoms with van der Waals surface area (Å²) in [6, 6.07) is 5.48. The van der Waals surface area contributed by atoms with Gasteiger partial charge in [0.1, 0.15) is 5.75 Å². The predicted molar refractivity (Wildman–Crippen MR) is 73.2 cm³/mol. The van der Waals surface area contributed by atoms with Crippen molar-refractivity contribution in [2.45, 2.75) is 25.9 Å². The van der Waals surface area contributed by atoms with Gasteiger partial charge in [0.25, 0.3) is 5.91 Å². The number of carbonyl (C=O) groups is 1. The minimum absolute atomic E-state index is 0.0522. The zero-order chi connectivity index (χ0) is 13.8. The van der Waals surface area contributed by atoms with E-state index in [2.05, 4.69) is 0 Å². The third kappa shape index (κ3) is 2.88. The summed E-state index contributed by atoms with van der Waals surface area (Å²) >= 11 is 0. The number of benzene rings is 1. The highest BCUT2D eigenvalue weighted by Gasteiger charge is 2.25. The summed E-state index contributed by atoms with van der Waals surface area (Å²) in [5, 5.41) is 10.1. The maximum atomic E-state index is 11.8. The molecule has 1 atom stereocenters. The van der Waals surface area contributed by atoms with E-state index in [4.69, 9.17) is 10.5 Å². The number of aliphatic hydroxyl groups is 1. The third-order valence-corrected chi connectivity index (χ3v) is 3.31. The summed E-state index contributed by atoms with van der Waals surface area (Å²) in [5.41, 5.74) is 6.98. The van der Waals surface area contributed by atoms with Gasteiger partial charge in [-0.15, -0.1) is 0 Å². The Hall–Kier alpha value is -1.59. The number of carbonyl (C=O) groups excluding carboxylic acids is 1. The van der Waals surface area contributed by atoms with Gasteiger partial charge < -0.3 is 20.5 Å². The zero-order valence-corrected chi connectivity index (χ0v) is 11.1. The Bertz CT molecular complexity index is 462. The first kappa shape index (κ1) is 13.8. The Morgan fingerprint density at radius 1 is 1.53 bits per heavy atom. The molecule has 104 valence electrons. The fourth-order valence-corrected chi connectivity index (χ4v) is 2.25. The second-order valence-electron chi connectivity index (χ2n) is 4.60. The maximum Gasteiger partial charge on any atom is 0.265 e. The smallest absolute Gasteiger partial charge is 0.265 e. The van der Waals surface area contributed by atoms with E-state index in [-0.39, 0.29) is 12.5 Å². The maximum absolute atomic E-state index is 11.8. The number of fused-ring (bicyclic) bond motifs is 1. The number of hydrogen-bond acceptors (Lipinski definition) is 4. The van der Waals surface area contributed by atoms with Gasteiger partial charge in [0.2, 0.25) is 0 Å². The third-order valence-electron chi connectivity index (χ3n) is 3.31. The molecule has 0 spiro atoms. The molecule has 0 saturated heterocycles. The molecule has 1 aromatic carbocycles. The number of ether oxygens (including phenoxy) is 1. The van der Waals surface area contributed by atoms with Gasteiger partial charge in [-0.1, -0.05) is 6.07 Å². The van der Waals surface area contributed by atoms with Crippen molar-refractivity contribution in [1.29, 1.82) is 0 Å². The lowest BCUT2D eigenvalue weighted by molar-refractivity contribution is -0.121. The number of nitrogens with zero attached hydrogens (tertiary/aromatic N) is 1. The number of rotatable bonds is 5. The molecule has 0 aliphatic carbocycles. The van der Waals surface area contributed by atoms with Gasteiger partial charge in [-0.25, -0.2) is 0 Å². The number of aliphatic hydroxyl groups excluding tert-OH is 1. The Morgan fingerprint density at radius 3 is 3.00 bits per heavy atom. The average Bonchev–Trinajstić information content (AvgIpc) is 2.44. The van der Waals surface area contributed by atoms with E-state index in [1.54, 1.807) is 4.90 Å². The molecule has 0 fully saturated rings. The largest absolute Gasteiger partial charge is 0.482 e. The van der Waals surface area contributed by atoms with E-state index in [1.807, 2.05) is 25.1 Å². The summed E-state index contributed by atoms with van der Waals surface area (Å²) in [5.74, 6) is 0.639. The van der Waals surface area contributed by atoms with Crippen LogP contribution in [0.4, 0.5) is 5.69 Å². The summed E-state index contributed by atoms with van der Waals surface area (Å²) in [6.07, 6.45) is 0.839. The van der Waals surface area contributed by atoms with E-state index in [0.29, 0.717) is 25.3 Å². The molecule has 1 amide bonds. The first-order valence-corrected chi connectivity index (χ1v) is 6.62. The van der Waals surface area contributed by atoms with E-state index in [0.717, 1.165) is 17.7 Å². The van der Waals surface area contributed by atoms with Gasteiger partial charge in [-0.05, 0) is 44.0 Å². The molecule has 1 heterocycles. The fourth-order valence-electron chi connectivity index (χ4n) is 2.25. The summed E-state index contributed by atoms with van der Waals surface area (Å²) in [4.78, 5) is 13.4. The van der Waals surface area contributed by atoms with Crippen LogP contribution in [-0.2, 0) is 4.79 Å². The van der Waals surface area contributed by atoms with Crippen molar-refractivity contribution < 1.29 is 14.6 Å². The van der Waals surface area contributed by atoms with Crippen LogP contribution in [0.5, 0.6) is 5.75 Å². The molecule has 1 aliphatic rings. The first-order valence-electron chi connectivity index (χ1n) is 6.62. The van der Waals surface area contributed by atoms with Crippen LogP contribution in [0.25, 0.3) is 0 Å². The van der Waals surface area contributed by atoms with Crippen molar-refractivity contribution in [2.75, 3.05) is 24.6 Å². The number of hydrogen-bond donors (Lipinski definition) is 2. The van der Waals surface area contributed by atoms with Gasteiger partial charge in [0.15, 0.2) is 6.61 Å². The average molecular weight is 264 g/mol. The lowest BCUT2D eigenvalue weighted by Gasteiger charge is -2.29. The summed E-state index contributed by atoms with van der Waals surface area (Å²) < 4.78 is 5.39. The molecular weight excluding hydrogens is 244 g/mol. The van der Waals surface area contributed by atoms with Gasteiger partial charge in [0.05, 0.1) is 11.8 Å². The van der Waals surface area contributed by atoms with Crippen molar-refractivity contribution in [3.8, 4) is 5.75 Å². The van der Waals surface area contributed by atoms with Crippen LogP contribution in [0.2, 0.25) is 0 Å². The first-order chi connectivity index (χ1) is 9.17. The van der Waals surface area contributed by atoms with E-state index < -0.39 is 6.10 Å². The highest BCUT2D eigenvalue weighted by molar-refractivity contribution is 5.97. The highest BCUT2D eigenvalue weighted by Crippen LogP contribution is 2.35. The Labute approximate surface area is 113 Å². The molecule has 19 heavy (non-hydrogen) atoms. The van der Waals surface area contributed by atoms with Crippen LogP contribution >= 0.6 is 0 Å². The molecule has 0 bridgehead atoms. The molecule has 0 saturated carbocycles.